The summed E-state index contributed by atoms with van der Waals surface area (Å²) < 4.78 is 17.3. The number of halogens is 1. The van der Waals surface area contributed by atoms with Crippen molar-refractivity contribution in [3.05, 3.63) is 63.6 Å². The molecule has 0 saturated heterocycles. The standard InChI is InChI=1S/C21H21ClN2O5/c1-12-7-17(14(3)24(12)20-8-13(2)29-23-20)18(25)11-28-21(26)10-15-9-16(22)5-6-19(15)27-4/h5-9H,10-11H2,1-4H3. The van der Waals surface area contributed by atoms with Gasteiger partial charge in [0.05, 0.1) is 13.5 Å². The van der Waals surface area contributed by atoms with Crippen molar-refractivity contribution in [1.29, 1.82) is 0 Å². The van der Waals surface area contributed by atoms with Crippen LogP contribution in [0.15, 0.2) is 34.9 Å². The summed E-state index contributed by atoms with van der Waals surface area (Å²) in [5.41, 5.74) is 2.59. The first-order valence-electron chi connectivity index (χ1n) is 8.94. The summed E-state index contributed by atoms with van der Waals surface area (Å²) in [6, 6.07) is 8.51. The number of hydrogen-bond acceptors (Lipinski definition) is 6. The molecule has 1 aromatic carbocycles. The van der Waals surface area contributed by atoms with Crippen LogP contribution in [-0.4, -0.2) is 35.2 Å². The molecular weight excluding hydrogens is 396 g/mol. The topological polar surface area (TPSA) is 83.6 Å². The lowest BCUT2D eigenvalue weighted by Gasteiger charge is -2.09. The Morgan fingerprint density at radius 3 is 2.59 bits per heavy atom. The van der Waals surface area contributed by atoms with Gasteiger partial charge in [0.2, 0.25) is 5.78 Å². The first-order valence-corrected chi connectivity index (χ1v) is 9.31. The molecule has 0 spiro atoms. The molecule has 0 fully saturated rings. The Morgan fingerprint density at radius 1 is 1.17 bits per heavy atom. The molecule has 0 atom stereocenters. The van der Waals surface area contributed by atoms with Gasteiger partial charge in [0.15, 0.2) is 12.4 Å². The Kier molecular flexibility index (Phi) is 6.08. The first kappa shape index (κ1) is 20.7. The van der Waals surface area contributed by atoms with Crippen molar-refractivity contribution in [2.24, 2.45) is 0 Å². The monoisotopic (exact) mass is 416 g/mol. The number of nitrogens with zero attached hydrogens (tertiary/aromatic N) is 2. The van der Waals surface area contributed by atoms with Crippen molar-refractivity contribution in [3.8, 4) is 11.6 Å². The molecule has 2 heterocycles. The minimum absolute atomic E-state index is 0.0474. The van der Waals surface area contributed by atoms with Crippen molar-refractivity contribution in [1.82, 2.24) is 9.72 Å². The fourth-order valence-electron chi connectivity index (χ4n) is 3.17. The highest BCUT2D eigenvalue weighted by Crippen LogP contribution is 2.24. The molecule has 3 aromatic rings. The second kappa shape index (κ2) is 8.53. The number of ether oxygens (including phenoxy) is 2. The van der Waals surface area contributed by atoms with Gasteiger partial charge in [0.25, 0.3) is 0 Å². The van der Waals surface area contributed by atoms with Crippen LogP contribution in [0.1, 0.15) is 33.1 Å². The van der Waals surface area contributed by atoms with Gasteiger partial charge >= 0.3 is 5.97 Å². The van der Waals surface area contributed by atoms with Crippen LogP contribution in [-0.2, 0) is 16.0 Å². The Hall–Kier alpha value is -3.06. The lowest BCUT2D eigenvalue weighted by molar-refractivity contribution is -0.141. The zero-order chi connectivity index (χ0) is 21.1. The van der Waals surface area contributed by atoms with Crippen LogP contribution in [0.4, 0.5) is 0 Å². The van der Waals surface area contributed by atoms with E-state index in [4.69, 9.17) is 25.6 Å². The van der Waals surface area contributed by atoms with E-state index in [1.807, 2.05) is 18.4 Å². The second-order valence-corrected chi connectivity index (χ2v) is 7.07. The van der Waals surface area contributed by atoms with Crippen LogP contribution in [0, 0.1) is 20.8 Å². The molecule has 29 heavy (non-hydrogen) atoms. The zero-order valence-electron chi connectivity index (χ0n) is 16.6. The van der Waals surface area contributed by atoms with Gasteiger partial charge in [-0.15, -0.1) is 0 Å². The Bertz CT molecular complexity index is 1070. The molecule has 8 heteroatoms. The maximum atomic E-state index is 12.6. The van der Waals surface area contributed by atoms with E-state index in [2.05, 4.69) is 5.16 Å². The van der Waals surface area contributed by atoms with Gasteiger partial charge in [-0.3, -0.25) is 14.2 Å². The summed E-state index contributed by atoms with van der Waals surface area (Å²) in [5.74, 6) is 0.965. The molecule has 0 N–H and O–H groups in total. The van der Waals surface area contributed by atoms with Crippen LogP contribution >= 0.6 is 11.6 Å². The third kappa shape index (κ3) is 4.51. The van der Waals surface area contributed by atoms with E-state index in [0.29, 0.717) is 39.2 Å². The summed E-state index contributed by atoms with van der Waals surface area (Å²) in [5, 5.41) is 4.48. The average Bonchev–Trinajstić information content (AvgIpc) is 3.22. The zero-order valence-corrected chi connectivity index (χ0v) is 17.4. The predicted octanol–water partition coefficient (Wildman–Crippen LogP) is 4.02. The molecule has 0 bridgehead atoms. The highest BCUT2D eigenvalue weighted by atomic mass is 35.5. The van der Waals surface area contributed by atoms with Crippen molar-refractivity contribution in [2.45, 2.75) is 27.2 Å². The van der Waals surface area contributed by atoms with E-state index >= 15 is 0 Å². The largest absolute Gasteiger partial charge is 0.496 e. The number of carbonyl (C=O) groups excluding carboxylic acids is 2. The number of ketones is 1. The normalized spacial score (nSPS) is 10.8. The number of esters is 1. The minimum atomic E-state index is -0.542. The molecular formula is C21H21ClN2O5. The lowest BCUT2D eigenvalue weighted by atomic mass is 10.1. The fraction of sp³-hybridized carbons (Fsp3) is 0.286. The minimum Gasteiger partial charge on any atom is -0.496 e. The van der Waals surface area contributed by atoms with Gasteiger partial charge in [-0.25, -0.2) is 0 Å². The quantitative estimate of drug-likeness (QED) is 0.427. The molecule has 0 saturated carbocycles. The summed E-state index contributed by atoms with van der Waals surface area (Å²) in [6.45, 7) is 5.11. The number of aryl methyl sites for hydroxylation is 2. The van der Waals surface area contributed by atoms with Gasteiger partial charge in [-0.1, -0.05) is 16.8 Å². The number of carbonyl (C=O) groups is 2. The number of methoxy groups -OCH3 is 1. The van der Waals surface area contributed by atoms with Crippen LogP contribution in [0.2, 0.25) is 5.02 Å². The summed E-state index contributed by atoms with van der Waals surface area (Å²) >= 11 is 5.98. The van der Waals surface area contributed by atoms with Crippen LogP contribution in [0.5, 0.6) is 5.75 Å². The van der Waals surface area contributed by atoms with E-state index in [-0.39, 0.29) is 18.8 Å². The van der Waals surface area contributed by atoms with Gasteiger partial charge in [0, 0.05) is 33.6 Å². The van der Waals surface area contributed by atoms with E-state index in [0.717, 1.165) is 5.69 Å². The molecule has 152 valence electrons. The van der Waals surface area contributed by atoms with E-state index in [1.165, 1.54) is 7.11 Å². The summed E-state index contributed by atoms with van der Waals surface area (Å²) in [6.07, 6.45) is -0.0474. The molecule has 2 aromatic heterocycles. The number of aromatic nitrogens is 2. The molecule has 0 unspecified atom stereocenters. The van der Waals surface area contributed by atoms with Gasteiger partial charge in [-0.2, -0.15) is 0 Å². The van der Waals surface area contributed by atoms with Crippen LogP contribution in [0.3, 0.4) is 0 Å². The lowest BCUT2D eigenvalue weighted by Crippen LogP contribution is -2.16. The first-order chi connectivity index (χ1) is 13.8. The van der Waals surface area contributed by atoms with E-state index < -0.39 is 5.97 Å². The third-order valence-electron chi connectivity index (χ3n) is 4.52. The predicted molar refractivity (Wildman–Crippen MR) is 107 cm³/mol. The number of benzene rings is 1. The molecule has 0 aliphatic rings. The summed E-state index contributed by atoms with van der Waals surface area (Å²) in [4.78, 5) is 24.8. The maximum Gasteiger partial charge on any atom is 0.310 e. The van der Waals surface area contributed by atoms with E-state index in [9.17, 15) is 9.59 Å². The van der Waals surface area contributed by atoms with Gasteiger partial charge in [-0.05, 0) is 45.0 Å². The third-order valence-corrected chi connectivity index (χ3v) is 4.75. The Balaban J connectivity index is 1.68. The van der Waals surface area contributed by atoms with E-state index in [1.54, 1.807) is 37.3 Å². The maximum absolute atomic E-state index is 12.6. The number of Topliss-reactive ketones (excluding diaryl/α,β-unsaturated/α-hetero) is 1. The SMILES string of the molecule is COc1ccc(Cl)cc1CC(=O)OCC(=O)c1cc(C)n(-c2cc(C)on2)c1C. The van der Waals surface area contributed by atoms with Crippen LogP contribution in [0.25, 0.3) is 5.82 Å². The highest BCUT2D eigenvalue weighted by Gasteiger charge is 2.20. The second-order valence-electron chi connectivity index (χ2n) is 6.63. The molecule has 0 amide bonds. The average molecular weight is 417 g/mol. The number of hydrogen-bond donors (Lipinski definition) is 0. The Labute approximate surface area is 173 Å². The Morgan fingerprint density at radius 2 is 1.93 bits per heavy atom. The van der Waals surface area contributed by atoms with Crippen molar-refractivity contribution >= 4 is 23.4 Å². The molecule has 0 radical (unpaired) electrons. The molecule has 0 aliphatic carbocycles. The van der Waals surface area contributed by atoms with Crippen LogP contribution < -0.4 is 4.74 Å². The number of rotatable bonds is 7. The molecule has 7 nitrogen and oxygen atoms in total. The smallest absolute Gasteiger partial charge is 0.310 e. The van der Waals surface area contributed by atoms with Crippen molar-refractivity contribution in [3.63, 3.8) is 0 Å². The molecule has 3 rings (SSSR count). The van der Waals surface area contributed by atoms with Crippen molar-refractivity contribution < 1.29 is 23.6 Å². The van der Waals surface area contributed by atoms with Crippen molar-refractivity contribution in [2.75, 3.05) is 13.7 Å². The summed E-state index contributed by atoms with van der Waals surface area (Å²) in [7, 11) is 1.51. The fourth-order valence-corrected chi connectivity index (χ4v) is 3.37. The van der Waals surface area contributed by atoms with Gasteiger partial charge < -0.3 is 14.0 Å². The molecule has 0 aliphatic heterocycles. The highest BCUT2D eigenvalue weighted by molar-refractivity contribution is 6.30. The van der Waals surface area contributed by atoms with Gasteiger partial charge in [0.1, 0.15) is 11.5 Å².